The van der Waals surface area contributed by atoms with Crippen molar-refractivity contribution in [1.29, 1.82) is 0 Å². The molecule has 0 aliphatic heterocycles. The number of aliphatic hydroxyl groups excluding tert-OH is 2. The van der Waals surface area contributed by atoms with Gasteiger partial charge in [-0.25, -0.2) is 0 Å². The molecule has 1 aliphatic rings. The van der Waals surface area contributed by atoms with Crippen LogP contribution in [0.3, 0.4) is 0 Å². The molecule has 0 fully saturated rings. The van der Waals surface area contributed by atoms with Crippen LogP contribution in [0.25, 0.3) is 0 Å². The van der Waals surface area contributed by atoms with Gasteiger partial charge in [0.25, 0.3) is 0 Å². The molecule has 19 heavy (non-hydrogen) atoms. The van der Waals surface area contributed by atoms with Gasteiger partial charge in [0.05, 0.1) is 13.2 Å². The minimum absolute atomic E-state index is 0.205. The van der Waals surface area contributed by atoms with E-state index in [-0.39, 0.29) is 6.10 Å². The van der Waals surface area contributed by atoms with E-state index in [1.54, 1.807) is 7.11 Å². The molecular formula is C16H28O3. The van der Waals surface area contributed by atoms with Gasteiger partial charge < -0.3 is 14.9 Å². The van der Waals surface area contributed by atoms with Crippen LogP contribution in [0, 0.1) is 0 Å². The molecule has 3 heteroatoms. The van der Waals surface area contributed by atoms with Gasteiger partial charge >= 0.3 is 0 Å². The topological polar surface area (TPSA) is 49.7 Å². The summed E-state index contributed by atoms with van der Waals surface area (Å²) in [7, 11) is 1.58. The summed E-state index contributed by atoms with van der Waals surface area (Å²) in [6.07, 6.45) is 11.2. The van der Waals surface area contributed by atoms with Gasteiger partial charge in [-0.2, -0.15) is 0 Å². The average Bonchev–Trinajstić information content (AvgIpc) is 2.42. The van der Waals surface area contributed by atoms with Gasteiger partial charge in [-0.05, 0) is 37.3 Å². The lowest BCUT2D eigenvalue weighted by Crippen LogP contribution is -2.15. The van der Waals surface area contributed by atoms with E-state index >= 15 is 0 Å². The van der Waals surface area contributed by atoms with E-state index in [1.165, 1.54) is 19.3 Å². The summed E-state index contributed by atoms with van der Waals surface area (Å²) in [5.74, 6) is 0.634. The summed E-state index contributed by atoms with van der Waals surface area (Å²) in [6, 6.07) is 0. The van der Waals surface area contributed by atoms with Crippen molar-refractivity contribution in [3.63, 3.8) is 0 Å². The summed E-state index contributed by atoms with van der Waals surface area (Å²) < 4.78 is 5.14. The molecule has 0 amide bonds. The second-order valence-corrected chi connectivity index (χ2v) is 5.32. The molecule has 2 N–H and O–H groups in total. The molecule has 0 heterocycles. The second-order valence-electron chi connectivity index (χ2n) is 5.32. The van der Waals surface area contributed by atoms with Gasteiger partial charge in [-0.15, -0.1) is 0 Å². The molecule has 3 nitrogen and oxygen atoms in total. The molecule has 0 spiro atoms. The summed E-state index contributed by atoms with van der Waals surface area (Å²) >= 11 is 0. The summed E-state index contributed by atoms with van der Waals surface area (Å²) in [5, 5.41) is 19.6. The lowest BCUT2D eigenvalue weighted by Gasteiger charge is -2.19. The molecule has 0 radical (unpaired) electrons. The number of hydrogen-bond donors (Lipinski definition) is 2. The van der Waals surface area contributed by atoms with E-state index in [0.29, 0.717) is 12.2 Å². The molecule has 0 aromatic rings. The predicted molar refractivity (Wildman–Crippen MR) is 77.8 cm³/mol. The third kappa shape index (κ3) is 6.26. The maximum Gasteiger partial charge on any atom is 0.125 e. The quantitative estimate of drug-likeness (QED) is 0.631. The fourth-order valence-corrected chi connectivity index (χ4v) is 2.37. The standard InChI is InChI=1S/C16H28O3/c1-3-4-5-6-7-14(17)10-8-13-9-11-15(18)16(12-13)19-2/h9,12,14-15,17-18H,3-8,10-11H2,1-2H3. The molecule has 1 rings (SSSR count). The highest BCUT2D eigenvalue weighted by Gasteiger charge is 2.16. The van der Waals surface area contributed by atoms with Crippen molar-refractivity contribution in [1.82, 2.24) is 0 Å². The Labute approximate surface area is 117 Å². The van der Waals surface area contributed by atoms with Gasteiger partial charge in [-0.1, -0.05) is 38.7 Å². The normalized spacial score (nSPS) is 20.7. The zero-order chi connectivity index (χ0) is 14.1. The van der Waals surface area contributed by atoms with Crippen LogP contribution in [0.2, 0.25) is 0 Å². The van der Waals surface area contributed by atoms with Gasteiger partial charge in [0.15, 0.2) is 0 Å². The van der Waals surface area contributed by atoms with Crippen LogP contribution < -0.4 is 0 Å². The van der Waals surface area contributed by atoms with Crippen molar-refractivity contribution in [2.75, 3.05) is 7.11 Å². The Balaban J connectivity index is 2.23. The smallest absolute Gasteiger partial charge is 0.125 e. The molecule has 1 aliphatic carbocycles. The molecule has 110 valence electrons. The van der Waals surface area contributed by atoms with Crippen molar-refractivity contribution < 1.29 is 14.9 Å². The first-order valence-corrected chi connectivity index (χ1v) is 7.48. The Morgan fingerprint density at radius 3 is 2.79 bits per heavy atom. The predicted octanol–water partition coefficient (Wildman–Crippen LogP) is 3.32. The van der Waals surface area contributed by atoms with Crippen LogP contribution >= 0.6 is 0 Å². The summed E-state index contributed by atoms with van der Waals surface area (Å²) in [4.78, 5) is 0. The number of ether oxygens (including phenoxy) is 1. The van der Waals surface area contributed by atoms with Gasteiger partial charge in [-0.3, -0.25) is 0 Å². The average molecular weight is 268 g/mol. The van der Waals surface area contributed by atoms with Crippen LogP contribution in [0.4, 0.5) is 0 Å². The number of hydrogen-bond acceptors (Lipinski definition) is 3. The van der Waals surface area contributed by atoms with Crippen LogP contribution in [0.1, 0.15) is 58.3 Å². The van der Waals surface area contributed by atoms with Crippen molar-refractivity contribution in [2.24, 2.45) is 0 Å². The Hall–Kier alpha value is -0.800. The molecule has 0 aromatic carbocycles. The number of aliphatic hydroxyl groups is 2. The molecule has 2 atom stereocenters. The van der Waals surface area contributed by atoms with Crippen molar-refractivity contribution >= 4 is 0 Å². The number of allylic oxidation sites excluding steroid dienone is 2. The fourth-order valence-electron chi connectivity index (χ4n) is 2.37. The second kappa shape index (κ2) is 9.16. The fraction of sp³-hybridized carbons (Fsp3) is 0.750. The number of methoxy groups -OCH3 is 1. The first kappa shape index (κ1) is 16.3. The Morgan fingerprint density at radius 1 is 1.32 bits per heavy atom. The Morgan fingerprint density at radius 2 is 2.11 bits per heavy atom. The van der Waals surface area contributed by atoms with E-state index < -0.39 is 6.10 Å². The highest BCUT2D eigenvalue weighted by atomic mass is 16.5. The van der Waals surface area contributed by atoms with E-state index in [2.05, 4.69) is 6.92 Å². The minimum Gasteiger partial charge on any atom is -0.498 e. The Kier molecular flexibility index (Phi) is 7.84. The van der Waals surface area contributed by atoms with E-state index in [1.807, 2.05) is 12.2 Å². The molecular weight excluding hydrogens is 240 g/mol. The van der Waals surface area contributed by atoms with E-state index in [0.717, 1.165) is 31.3 Å². The van der Waals surface area contributed by atoms with Gasteiger partial charge in [0.1, 0.15) is 11.9 Å². The van der Waals surface area contributed by atoms with Crippen LogP contribution in [-0.4, -0.2) is 29.5 Å². The largest absolute Gasteiger partial charge is 0.498 e. The monoisotopic (exact) mass is 268 g/mol. The van der Waals surface area contributed by atoms with Crippen LogP contribution in [-0.2, 0) is 4.74 Å². The van der Waals surface area contributed by atoms with Crippen molar-refractivity contribution in [2.45, 2.75) is 70.5 Å². The first-order valence-electron chi connectivity index (χ1n) is 7.48. The minimum atomic E-state index is -0.507. The zero-order valence-electron chi connectivity index (χ0n) is 12.3. The van der Waals surface area contributed by atoms with Crippen molar-refractivity contribution in [3.8, 4) is 0 Å². The molecule has 0 saturated carbocycles. The van der Waals surface area contributed by atoms with Crippen LogP contribution in [0.15, 0.2) is 23.5 Å². The van der Waals surface area contributed by atoms with E-state index in [4.69, 9.17) is 4.74 Å². The Bertz CT molecular complexity index is 307. The lowest BCUT2D eigenvalue weighted by atomic mass is 9.97. The van der Waals surface area contributed by atoms with Gasteiger partial charge in [0.2, 0.25) is 0 Å². The third-order valence-corrected chi connectivity index (χ3v) is 3.65. The summed E-state index contributed by atoms with van der Waals surface area (Å²) in [6.45, 7) is 2.19. The SMILES string of the molecule is CCCCCCC(O)CCC1=CCC(O)C(OC)=C1. The molecule has 0 saturated heterocycles. The maximum absolute atomic E-state index is 9.93. The van der Waals surface area contributed by atoms with Crippen molar-refractivity contribution in [3.05, 3.63) is 23.5 Å². The maximum atomic E-state index is 9.93. The molecule has 0 aromatic heterocycles. The van der Waals surface area contributed by atoms with E-state index in [9.17, 15) is 10.2 Å². The number of rotatable bonds is 9. The van der Waals surface area contributed by atoms with Gasteiger partial charge in [0, 0.05) is 0 Å². The summed E-state index contributed by atoms with van der Waals surface area (Å²) in [5.41, 5.74) is 1.16. The molecule has 0 bridgehead atoms. The lowest BCUT2D eigenvalue weighted by molar-refractivity contribution is 0.127. The highest BCUT2D eigenvalue weighted by Crippen LogP contribution is 2.22. The highest BCUT2D eigenvalue weighted by molar-refractivity contribution is 5.27. The number of unbranched alkanes of at least 4 members (excludes halogenated alkanes) is 3. The first-order chi connectivity index (χ1) is 9.17. The zero-order valence-corrected chi connectivity index (χ0v) is 12.3. The third-order valence-electron chi connectivity index (χ3n) is 3.65. The molecule has 2 unspecified atom stereocenters. The van der Waals surface area contributed by atoms with Crippen LogP contribution in [0.5, 0.6) is 0 Å².